The van der Waals surface area contributed by atoms with E-state index in [-0.39, 0.29) is 24.3 Å². The van der Waals surface area contributed by atoms with Gasteiger partial charge < -0.3 is 27.0 Å². The van der Waals surface area contributed by atoms with Crippen molar-refractivity contribution in [2.24, 2.45) is 17.4 Å². The fraction of sp³-hybridized carbons (Fsp3) is 0.833. The summed E-state index contributed by atoms with van der Waals surface area (Å²) in [4.78, 5) is 39.0. The molecular weight excluding hydrogens is 367 g/mol. The first-order valence-corrected chi connectivity index (χ1v) is 9.84. The zero-order valence-electron chi connectivity index (χ0n) is 17.0. The minimum Gasteiger partial charge on any atom is -0.344 e. The summed E-state index contributed by atoms with van der Waals surface area (Å²) < 4.78 is 12.9. The molecule has 1 rings (SSSR count). The number of alkyl halides is 1. The van der Waals surface area contributed by atoms with Crippen molar-refractivity contribution in [3.05, 3.63) is 0 Å². The number of likely N-dealkylation sites (tertiary alicyclic amines) is 1. The van der Waals surface area contributed by atoms with Gasteiger partial charge in [-0.3, -0.25) is 19.7 Å². The number of carbonyl (C=O) groups excluding carboxylic acids is 3. The molecule has 0 saturated carbocycles. The predicted molar refractivity (Wildman–Crippen MR) is 105 cm³/mol. The van der Waals surface area contributed by atoms with Crippen LogP contribution in [-0.2, 0) is 14.4 Å². The molecule has 10 heteroatoms. The van der Waals surface area contributed by atoms with E-state index in [9.17, 15) is 18.8 Å². The summed E-state index contributed by atoms with van der Waals surface area (Å²) in [6, 6.07) is -1.97. The first kappa shape index (κ1) is 24.4. The highest BCUT2D eigenvalue weighted by Gasteiger charge is 2.38. The lowest BCUT2D eigenvalue weighted by molar-refractivity contribution is -0.141. The maximum atomic E-state index is 12.9. The highest BCUT2D eigenvalue weighted by molar-refractivity contribution is 5.94. The van der Waals surface area contributed by atoms with Gasteiger partial charge in [-0.15, -0.1) is 0 Å². The largest absolute Gasteiger partial charge is 0.344 e. The van der Waals surface area contributed by atoms with Gasteiger partial charge in [0.2, 0.25) is 11.8 Å². The smallest absolute Gasteiger partial charge is 0.243 e. The number of amides is 2. The van der Waals surface area contributed by atoms with E-state index in [0.29, 0.717) is 32.4 Å². The van der Waals surface area contributed by atoms with Crippen molar-refractivity contribution in [1.82, 2.24) is 20.9 Å². The van der Waals surface area contributed by atoms with E-state index < -0.39 is 36.7 Å². The van der Waals surface area contributed by atoms with Crippen molar-refractivity contribution in [3.63, 3.8) is 0 Å². The number of nitrogens with two attached hydrogens (primary N) is 2. The van der Waals surface area contributed by atoms with E-state index in [1.807, 2.05) is 13.8 Å². The Morgan fingerprint density at radius 3 is 2.46 bits per heavy atom. The fourth-order valence-corrected chi connectivity index (χ4v) is 3.47. The molecule has 1 fully saturated rings. The van der Waals surface area contributed by atoms with Crippen molar-refractivity contribution < 1.29 is 18.8 Å². The van der Waals surface area contributed by atoms with Crippen LogP contribution < -0.4 is 27.4 Å². The summed E-state index contributed by atoms with van der Waals surface area (Å²) in [7, 11) is 1.71. The van der Waals surface area contributed by atoms with E-state index in [1.165, 1.54) is 0 Å². The molecule has 1 heterocycles. The van der Waals surface area contributed by atoms with Crippen LogP contribution in [0.4, 0.5) is 4.39 Å². The molecule has 1 saturated heterocycles. The number of ketones is 1. The van der Waals surface area contributed by atoms with Gasteiger partial charge in [0.15, 0.2) is 5.78 Å². The monoisotopic (exact) mass is 402 g/mol. The molecule has 1 aliphatic rings. The van der Waals surface area contributed by atoms with Crippen molar-refractivity contribution in [3.8, 4) is 0 Å². The number of halogens is 1. The number of carbonyl (C=O) groups is 3. The Hall–Kier alpha value is -1.62. The Bertz CT molecular complexity index is 531. The molecule has 2 amide bonds. The molecule has 162 valence electrons. The summed E-state index contributed by atoms with van der Waals surface area (Å²) in [5, 5.41) is 8.43. The minimum atomic E-state index is -1.16. The fourth-order valence-electron chi connectivity index (χ4n) is 3.47. The van der Waals surface area contributed by atoms with Gasteiger partial charge in [0, 0.05) is 6.54 Å². The number of Topliss-reactive ketones (excluding diaryl/α,β-unsaturated/α-hetero) is 1. The third-order valence-electron chi connectivity index (χ3n) is 4.97. The van der Waals surface area contributed by atoms with Crippen LogP contribution in [0.5, 0.6) is 0 Å². The van der Waals surface area contributed by atoms with Gasteiger partial charge >= 0.3 is 0 Å². The molecular formula is C18H35FN6O3. The number of rotatable bonds is 12. The second kappa shape index (κ2) is 12.1. The summed E-state index contributed by atoms with van der Waals surface area (Å²) in [6.07, 6.45) is 1.30. The van der Waals surface area contributed by atoms with Crippen LogP contribution in [0.1, 0.15) is 39.5 Å². The second-order valence-electron chi connectivity index (χ2n) is 7.48. The molecule has 0 spiro atoms. The van der Waals surface area contributed by atoms with Crippen LogP contribution in [0.2, 0.25) is 0 Å². The molecule has 9 nitrogen and oxygen atoms in total. The lowest BCUT2D eigenvalue weighted by atomic mass is 10.0. The lowest BCUT2D eigenvalue weighted by Crippen LogP contribution is -2.55. The molecule has 1 aliphatic heterocycles. The molecule has 7 N–H and O–H groups in total. The third kappa shape index (κ3) is 7.08. The molecule has 0 unspecified atom stereocenters. The molecule has 0 aromatic carbocycles. The van der Waals surface area contributed by atoms with Crippen LogP contribution in [0.15, 0.2) is 0 Å². The average Bonchev–Trinajstić information content (AvgIpc) is 3.13. The van der Waals surface area contributed by atoms with E-state index in [1.54, 1.807) is 11.9 Å². The summed E-state index contributed by atoms with van der Waals surface area (Å²) in [5.41, 5.74) is 10.8. The van der Waals surface area contributed by atoms with E-state index >= 15 is 0 Å². The molecule has 0 aromatic heterocycles. The quantitative estimate of drug-likeness (QED) is 0.204. The van der Waals surface area contributed by atoms with Gasteiger partial charge in [0.1, 0.15) is 19.0 Å². The first-order valence-electron chi connectivity index (χ1n) is 9.84. The Labute approximate surface area is 166 Å². The van der Waals surface area contributed by atoms with Crippen LogP contribution >= 0.6 is 0 Å². The Morgan fingerprint density at radius 1 is 1.25 bits per heavy atom. The van der Waals surface area contributed by atoms with Gasteiger partial charge in [-0.05, 0) is 45.2 Å². The van der Waals surface area contributed by atoms with Crippen LogP contribution in [0.25, 0.3) is 0 Å². The first-order chi connectivity index (χ1) is 13.2. The van der Waals surface area contributed by atoms with E-state index in [2.05, 4.69) is 16.0 Å². The lowest BCUT2D eigenvalue weighted by Gasteiger charge is -2.30. The zero-order valence-corrected chi connectivity index (χ0v) is 17.0. The third-order valence-corrected chi connectivity index (χ3v) is 4.97. The Morgan fingerprint density at radius 2 is 1.93 bits per heavy atom. The van der Waals surface area contributed by atoms with Crippen molar-refractivity contribution in [2.75, 3.05) is 26.8 Å². The molecule has 0 bridgehead atoms. The van der Waals surface area contributed by atoms with Crippen molar-refractivity contribution in [1.29, 1.82) is 0 Å². The standard InChI is InChI=1S/C18H35FN6O3/c1-11(2)15(22-3)17(28)25-9-5-7-13(25)16(27)24-12(14(26)10-19)6-4-8-23-18(20)21/h11-13,15,18,22-23H,4-10,20-21H2,1-3H3,(H,24,27)/t12-,13-,15-/m0/s1. The summed E-state index contributed by atoms with van der Waals surface area (Å²) in [6.45, 7) is 3.64. The second-order valence-corrected chi connectivity index (χ2v) is 7.48. The molecule has 0 aliphatic carbocycles. The van der Waals surface area contributed by atoms with Crippen LogP contribution in [-0.4, -0.2) is 73.7 Å². The van der Waals surface area contributed by atoms with Crippen LogP contribution in [0.3, 0.4) is 0 Å². The van der Waals surface area contributed by atoms with Gasteiger partial charge in [-0.1, -0.05) is 13.8 Å². The average molecular weight is 403 g/mol. The highest BCUT2D eigenvalue weighted by Crippen LogP contribution is 2.20. The Kier molecular flexibility index (Phi) is 10.5. The molecule has 28 heavy (non-hydrogen) atoms. The number of likely N-dealkylation sites (N-methyl/N-ethyl adjacent to an activating group) is 1. The molecule has 0 radical (unpaired) electrons. The minimum absolute atomic E-state index is 0.0732. The zero-order chi connectivity index (χ0) is 21.3. The van der Waals surface area contributed by atoms with E-state index in [0.717, 1.165) is 0 Å². The Balaban J connectivity index is 2.74. The van der Waals surface area contributed by atoms with E-state index in [4.69, 9.17) is 11.5 Å². The highest BCUT2D eigenvalue weighted by atomic mass is 19.1. The molecule has 3 atom stereocenters. The maximum Gasteiger partial charge on any atom is 0.243 e. The summed E-state index contributed by atoms with van der Waals surface area (Å²) in [5.74, 6) is -1.16. The maximum absolute atomic E-state index is 12.9. The topological polar surface area (TPSA) is 143 Å². The van der Waals surface area contributed by atoms with Gasteiger partial charge in [-0.25, -0.2) is 4.39 Å². The number of hydrogen-bond donors (Lipinski definition) is 5. The predicted octanol–water partition coefficient (Wildman–Crippen LogP) is -1.18. The van der Waals surface area contributed by atoms with Crippen LogP contribution in [0, 0.1) is 5.92 Å². The number of nitrogens with one attached hydrogen (secondary N) is 3. The van der Waals surface area contributed by atoms with Gasteiger partial charge in [0.25, 0.3) is 0 Å². The normalized spacial score (nSPS) is 19.1. The van der Waals surface area contributed by atoms with Gasteiger partial charge in [-0.2, -0.15) is 0 Å². The summed E-state index contributed by atoms with van der Waals surface area (Å²) >= 11 is 0. The molecule has 0 aromatic rings. The number of nitrogens with zero attached hydrogens (tertiary/aromatic N) is 1. The van der Waals surface area contributed by atoms with Crippen molar-refractivity contribution >= 4 is 17.6 Å². The SMILES string of the molecule is CN[C@H](C(=O)N1CCC[C@H]1C(=O)N[C@@H](CCCNC(N)N)C(=O)CF)C(C)C. The number of hydrogen-bond acceptors (Lipinski definition) is 7. The van der Waals surface area contributed by atoms with Gasteiger partial charge in [0.05, 0.1) is 12.1 Å². The van der Waals surface area contributed by atoms with Crippen molar-refractivity contribution in [2.45, 2.75) is 63.9 Å².